The first-order chi connectivity index (χ1) is 25.1. The van der Waals surface area contributed by atoms with Gasteiger partial charge in [-0.15, -0.1) is 0 Å². The highest BCUT2D eigenvalue weighted by Gasteiger charge is 2.43. The van der Waals surface area contributed by atoms with Gasteiger partial charge in [-0.2, -0.15) is 9.14 Å². The van der Waals surface area contributed by atoms with Crippen molar-refractivity contribution in [2.45, 2.75) is 116 Å². The van der Waals surface area contributed by atoms with E-state index in [1.807, 2.05) is 23.1 Å². The van der Waals surface area contributed by atoms with Crippen molar-refractivity contribution in [3.8, 4) is 0 Å². The summed E-state index contributed by atoms with van der Waals surface area (Å²) in [5, 5.41) is 2.59. The molecule has 4 aromatic carbocycles. The molecule has 0 saturated heterocycles. The lowest BCUT2D eigenvalue weighted by atomic mass is 9.81. The van der Waals surface area contributed by atoms with Crippen LogP contribution in [-0.2, 0) is 17.4 Å². The zero-order valence-electron chi connectivity index (χ0n) is 32.5. The molecular formula is C53H78I2N4S2. The average molecular weight is 1090 g/mol. The van der Waals surface area contributed by atoms with E-state index in [2.05, 4.69) is 208 Å². The van der Waals surface area contributed by atoms with Crippen molar-refractivity contribution in [1.82, 2.24) is 0 Å². The van der Waals surface area contributed by atoms with E-state index in [-0.39, 0.29) is 111 Å². The zero-order valence-corrected chi connectivity index (χ0v) is 38.4. The van der Waals surface area contributed by atoms with Crippen molar-refractivity contribution in [1.29, 1.82) is 0 Å². The summed E-state index contributed by atoms with van der Waals surface area (Å²) in [5.74, 6) is 0. The maximum Gasteiger partial charge on any atom is 0.262 e. The molecule has 0 amide bonds. The number of fused-ring (bicyclic) bond motifs is 4. The Bertz CT molecular complexity index is 2310. The van der Waals surface area contributed by atoms with E-state index >= 15 is 0 Å². The van der Waals surface area contributed by atoms with Gasteiger partial charge < -0.3 is 57.8 Å². The Kier molecular flexibility index (Phi) is 26.3. The van der Waals surface area contributed by atoms with Gasteiger partial charge in [0.2, 0.25) is 11.2 Å². The van der Waals surface area contributed by atoms with Gasteiger partial charge in [0.1, 0.15) is 18.3 Å². The number of rotatable bonds is 6. The lowest BCUT2D eigenvalue weighted by Gasteiger charge is -2.23. The number of allylic oxidation sites excluding steroid dienone is 6. The molecule has 8 heteroatoms. The number of nitrogens with zero attached hydrogens (tertiary/aromatic N) is 4. The first-order valence-corrected chi connectivity index (χ1v) is 20.0. The van der Waals surface area contributed by atoms with Crippen LogP contribution < -0.4 is 62.3 Å². The third-order valence-electron chi connectivity index (χ3n) is 10.8. The molecule has 336 valence electrons. The van der Waals surface area contributed by atoms with Crippen molar-refractivity contribution in [3.63, 3.8) is 0 Å². The van der Waals surface area contributed by atoms with Crippen LogP contribution in [0, 0.1) is 0 Å². The molecule has 8 rings (SSSR count). The zero-order chi connectivity index (χ0) is 36.6. The summed E-state index contributed by atoms with van der Waals surface area (Å²) in [6, 6.07) is 34.7. The molecule has 1 aromatic heterocycles. The van der Waals surface area contributed by atoms with Gasteiger partial charge >= 0.3 is 0 Å². The largest absolute Gasteiger partial charge is 1.00 e. The molecular weight excluding hydrogens is 1010 g/mol. The number of hydrogen-bond donors (Lipinski definition) is 0. The number of thioether (sulfide) groups is 1. The molecule has 0 unspecified atom stereocenters. The van der Waals surface area contributed by atoms with E-state index in [1.165, 1.54) is 64.7 Å². The molecule has 4 nitrogen and oxygen atoms in total. The Hall–Kier alpha value is -3.19. The van der Waals surface area contributed by atoms with Crippen LogP contribution in [0.2, 0.25) is 0 Å². The van der Waals surface area contributed by atoms with Crippen molar-refractivity contribution in [3.05, 3.63) is 154 Å². The van der Waals surface area contributed by atoms with Crippen LogP contribution in [0.4, 0.5) is 17.1 Å². The summed E-state index contributed by atoms with van der Waals surface area (Å²) in [7, 11) is 4.34. The molecule has 3 aliphatic heterocycles. The molecule has 5 aromatic rings. The average Bonchev–Trinajstić information content (AvgIpc) is 3.81. The molecule has 3 aliphatic rings. The van der Waals surface area contributed by atoms with Gasteiger partial charge in [-0.1, -0.05) is 162 Å². The molecule has 0 N–H and O–H groups in total. The van der Waals surface area contributed by atoms with Crippen LogP contribution in [0.15, 0.2) is 143 Å². The van der Waals surface area contributed by atoms with Gasteiger partial charge in [0, 0.05) is 65.1 Å². The lowest BCUT2D eigenvalue weighted by Crippen LogP contribution is -3.00. The van der Waals surface area contributed by atoms with E-state index in [0.717, 1.165) is 13.1 Å². The summed E-state index contributed by atoms with van der Waals surface area (Å²) >= 11 is 3.70. The number of anilines is 2. The van der Waals surface area contributed by atoms with Crippen LogP contribution in [0.25, 0.3) is 16.3 Å². The highest BCUT2D eigenvalue weighted by atomic mass is 127. The van der Waals surface area contributed by atoms with Crippen molar-refractivity contribution >= 4 is 62.2 Å². The van der Waals surface area contributed by atoms with Gasteiger partial charge in [-0.3, -0.25) is 0 Å². The Morgan fingerprint density at radius 2 is 1.20 bits per heavy atom. The number of thiazole rings is 1. The molecule has 0 saturated carbocycles. The molecule has 0 fully saturated rings. The minimum Gasteiger partial charge on any atom is -1.00 e. The number of likely N-dealkylation sites (N-methyl/N-ethyl adjacent to an activating group) is 1. The minimum absolute atomic E-state index is 0. The van der Waals surface area contributed by atoms with Crippen molar-refractivity contribution < 1.29 is 57.1 Å². The van der Waals surface area contributed by atoms with Crippen LogP contribution >= 0.6 is 23.1 Å². The maximum absolute atomic E-state index is 2.38. The summed E-state index contributed by atoms with van der Waals surface area (Å²) < 4.78 is 6.04. The number of halogens is 2. The number of para-hydroxylation sites is 4. The van der Waals surface area contributed by atoms with E-state index in [9.17, 15) is 0 Å². The fourth-order valence-electron chi connectivity index (χ4n) is 8.05. The molecule has 0 spiro atoms. The summed E-state index contributed by atoms with van der Waals surface area (Å²) in [4.78, 5) is 6.04. The first-order valence-electron chi connectivity index (χ1n) is 18.3. The number of aromatic nitrogens is 1. The normalized spacial score (nSPS) is 15.8. The third kappa shape index (κ3) is 11.7. The quantitative estimate of drug-likeness (QED) is 0.124. The van der Waals surface area contributed by atoms with Crippen LogP contribution in [0.1, 0.15) is 110 Å². The lowest BCUT2D eigenvalue weighted by molar-refractivity contribution is -0.665. The summed E-state index contributed by atoms with van der Waals surface area (Å²) in [6.45, 7) is 15.6. The van der Waals surface area contributed by atoms with Gasteiger partial charge in [-0.25, -0.2) is 0 Å². The van der Waals surface area contributed by atoms with Crippen molar-refractivity contribution in [2.75, 3.05) is 30.4 Å². The Balaban J connectivity index is -0.000000963. The molecule has 0 aliphatic carbocycles. The maximum atomic E-state index is 2.38. The molecule has 0 atom stereocenters. The Morgan fingerprint density at radius 1 is 0.639 bits per heavy atom. The second-order valence-corrected chi connectivity index (χ2v) is 16.7. The molecule has 4 heterocycles. The SMILES string of the molecule is C.C.C.C.C.C.C.CCN1C(=CC=Cc2sc3ccccc3[n+]2CC)Sc2ccccc21.CN1C(=CC=CC2=[N+](C)c3ccccc3C2(C)C)C(C)(C)c2ccccc21.[I-].[I-]. The van der Waals surface area contributed by atoms with Crippen LogP contribution in [0.3, 0.4) is 0 Å². The van der Waals surface area contributed by atoms with Crippen LogP contribution in [0.5, 0.6) is 0 Å². The van der Waals surface area contributed by atoms with Crippen LogP contribution in [-0.4, -0.2) is 30.9 Å². The molecule has 0 radical (unpaired) electrons. The third-order valence-corrected chi connectivity index (χ3v) is 13.0. The number of benzene rings is 4. The fourth-order valence-corrected chi connectivity index (χ4v) is 10.3. The van der Waals surface area contributed by atoms with Crippen molar-refractivity contribution in [2.24, 2.45) is 0 Å². The minimum atomic E-state index is 0. The summed E-state index contributed by atoms with van der Waals surface area (Å²) in [6.07, 6.45) is 13.4. The van der Waals surface area contributed by atoms with E-state index in [0.29, 0.717) is 0 Å². The predicted molar refractivity (Wildman–Crippen MR) is 273 cm³/mol. The highest BCUT2D eigenvalue weighted by Crippen LogP contribution is 2.47. The first kappa shape index (κ1) is 62.1. The monoisotopic (exact) mass is 1090 g/mol. The number of hydrogen-bond acceptors (Lipinski definition) is 4. The second kappa shape index (κ2) is 25.8. The Morgan fingerprint density at radius 3 is 1.82 bits per heavy atom. The van der Waals surface area contributed by atoms with Gasteiger partial charge in [0.15, 0.2) is 5.71 Å². The fraction of sp³-hybridized carbons (Fsp3) is 0.358. The predicted octanol–water partition coefficient (Wildman–Crippen LogP) is 9.72. The van der Waals surface area contributed by atoms with E-state index in [1.54, 1.807) is 0 Å². The standard InChI is InChI=1S/C25H29N2.C21H21N2S2.7CH4.2HI/c1-24(2)18-12-7-9-14-20(18)26(5)22(24)16-11-17-23-25(3,4)19-13-8-10-15-21(19)27(23)6;1-3-22-16-10-5-7-12-18(16)24-20(22)14-9-15-21-23(4-2)17-11-6-8-13-19(17)25-21;;;;;;;;;/h7-17H,1-6H3;5-15H,3-4H2,1-2H3;7*1H4;2*1H/q2*+1;;;;;;;;;/p-2. The summed E-state index contributed by atoms with van der Waals surface area (Å²) in [5.41, 5.74) is 10.7. The highest BCUT2D eigenvalue weighted by molar-refractivity contribution is 8.03. The van der Waals surface area contributed by atoms with Gasteiger partial charge in [0.25, 0.3) is 5.01 Å². The molecule has 61 heavy (non-hydrogen) atoms. The van der Waals surface area contributed by atoms with E-state index in [4.69, 9.17) is 0 Å². The second-order valence-electron chi connectivity index (χ2n) is 14.5. The topological polar surface area (TPSA) is 13.4 Å². The number of aryl methyl sites for hydroxylation is 1. The van der Waals surface area contributed by atoms with Gasteiger partial charge in [0.05, 0.1) is 16.1 Å². The molecule has 0 bridgehead atoms. The van der Waals surface area contributed by atoms with Gasteiger partial charge in [-0.05, 0) is 69.7 Å². The smallest absolute Gasteiger partial charge is 0.262 e. The Labute approximate surface area is 416 Å². The van der Waals surface area contributed by atoms with E-state index < -0.39 is 0 Å².